The summed E-state index contributed by atoms with van der Waals surface area (Å²) in [5, 5.41) is 3.52. The number of hydrogen-bond donors (Lipinski definition) is 1. The smallest absolute Gasteiger partial charge is 0.123 e. The molecule has 2 nitrogen and oxygen atoms in total. The molecule has 0 aliphatic heterocycles. The summed E-state index contributed by atoms with van der Waals surface area (Å²) in [6, 6.07) is 14.6. The molecule has 1 N–H and O–H groups in total. The quantitative estimate of drug-likeness (QED) is 0.758. The van der Waals surface area contributed by atoms with Crippen molar-refractivity contribution in [3.05, 3.63) is 62.5 Å². The Labute approximate surface area is 136 Å². The molecule has 4 heteroatoms. The lowest BCUT2D eigenvalue weighted by molar-refractivity contribution is 0.401. The third kappa shape index (κ3) is 3.84. The third-order valence-electron chi connectivity index (χ3n) is 3.20. The van der Waals surface area contributed by atoms with Crippen molar-refractivity contribution in [2.75, 3.05) is 7.11 Å². The number of nitrogens with one attached hydrogen (secondary N) is 1. The molecule has 0 spiro atoms. The fourth-order valence-corrected chi connectivity index (χ4v) is 2.73. The Balaban J connectivity index is 2.04. The van der Waals surface area contributed by atoms with Crippen LogP contribution in [0.5, 0.6) is 5.75 Å². The highest BCUT2D eigenvalue weighted by Gasteiger charge is 2.10. The van der Waals surface area contributed by atoms with E-state index >= 15 is 0 Å². The fourth-order valence-electron chi connectivity index (χ4n) is 2.05. The lowest BCUT2D eigenvalue weighted by atomic mass is 10.1. The maximum Gasteiger partial charge on any atom is 0.123 e. The lowest BCUT2D eigenvalue weighted by Gasteiger charge is -2.17. The van der Waals surface area contributed by atoms with Crippen LogP contribution in [0.2, 0.25) is 0 Å². The molecule has 0 unspecified atom stereocenters. The first-order valence-corrected chi connectivity index (χ1v) is 8.00. The van der Waals surface area contributed by atoms with Crippen molar-refractivity contribution in [2.24, 2.45) is 0 Å². The molecule has 2 rings (SSSR count). The largest absolute Gasteiger partial charge is 0.496 e. The Morgan fingerprint density at radius 3 is 2.55 bits per heavy atom. The highest BCUT2D eigenvalue weighted by molar-refractivity contribution is 9.13. The minimum absolute atomic E-state index is 0.230. The SMILES string of the molecule is COc1ccccc1[C@H](C)NCc1ccc(Br)c(Br)c1. The van der Waals surface area contributed by atoms with Gasteiger partial charge in [-0.3, -0.25) is 0 Å². The van der Waals surface area contributed by atoms with Crippen LogP contribution < -0.4 is 10.1 Å². The summed E-state index contributed by atoms with van der Waals surface area (Å²) in [4.78, 5) is 0. The van der Waals surface area contributed by atoms with E-state index in [1.54, 1.807) is 7.11 Å². The summed E-state index contributed by atoms with van der Waals surface area (Å²) in [6.45, 7) is 2.96. The van der Waals surface area contributed by atoms with Gasteiger partial charge in [0, 0.05) is 27.1 Å². The molecule has 0 radical (unpaired) electrons. The first-order valence-electron chi connectivity index (χ1n) is 6.42. The van der Waals surface area contributed by atoms with Gasteiger partial charge in [-0.2, -0.15) is 0 Å². The Morgan fingerprint density at radius 2 is 1.85 bits per heavy atom. The molecule has 106 valence electrons. The van der Waals surface area contributed by atoms with Crippen molar-refractivity contribution in [3.8, 4) is 5.75 Å². The molecule has 0 saturated carbocycles. The van der Waals surface area contributed by atoms with Crippen molar-refractivity contribution < 1.29 is 4.74 Å². The van der Waals surface area contributed by atoms with Crippen LogP contribution in [0.3, 0.4) is 0 Å². The molecule has 0 fully saturated rings. The highest BCUT2D eigenvalue weighted by Crippen LogP contribution is 2.26. The molecule has 0 aliphatic carbocycles. The molecule has 0 aliphatic rings. The van der Waals surface area contributed by atoms with Gasteiger partial charge < -0.3 is 10.1 Å². The number of methoxy groups -OCH3 is 1. The van der Waals surface area contributed by atoms with Crippen LogP contribution in [0.15, 0.2) is 51.4 Å². The van der Waals surface area contributed by atoms with E-state index in [1.165, 1.54) is 11.1 Å². The summed E-state index contributed by atoms with van der Waals surface area (Å²) in [5.41, 5.74) is 2.41. The normalized spacial score (nSPS) is 12.2. The second-order valence-electron chi connectivity index (χ2n) is 4.59. The third-order valence-corrected chi connectivity index (χ3v) is 5.08. The van der Waals surface area contributed by atoms with Crippen LogP contribution in [-0.4, -0.2) is 7.11 Å². The van der Waals surface area contributed by atoms with Crippen molar-refractivity contribution in [2.45, 2.75) is 19.5 Å². The highest BCUT2D eigenvalue weighted by atomic mass is 79.9. The van der Waals surface area contributed by atoms with E-state index in [2.05, 4.69) is 68.4 Å². The molecule has 0 aromatic heterocycles. The first-order chi connectivity index (χ1) is 9.61. The molecular weight excluding hydrogens is 382 g/mol. The van der Waals surface area contributed by atoms with E-state index < -0.39 is 0 Å². The van der Waals surface area contributed by atoms with Crippen LogP contribution in [0, 0.1) is 0 Å². The summed E-state index contributed by atoms with van der Waals surface area (Å²) in [5.74, 6) is 0.921. The van der Waals surface area contributed by atoms with Gasteiger partial charge in [0.15, 0.2) is 0 Å². The van der Waals surface area contributed by atoms with Crippen molar-refractivity contribution >= 4 is 31.9 Å². The van der Waals surface area contributed by atoms with Crippen molar-refractivity contribution in [1.29, 1.82) is 0 Å². The monoisotopic (exact) mass is 397 g/mol. The minimum atomic E-state index is 0.230. The Bertz CT molecular complexity index is 586. The number of para-hydroxylation sites is 1. The molecule has 0 heterocycles. The molecule has 0 amide bonds. The van der Waals surface area contributed by atoms with Gasteiger partial charge in [-0.1, -0.05) is 24.3 Å². The van der Waals surface area contributed by atoms with Gasteiger partial charge in [0.2, 0.25) is 0 Å². The lowest BCUT2D eigenvalue weighted by Crippen LogP contribution is -2.18. The summed E-state index contributed by atoms with van der Waals surface area (Å²) >= 11 is 7.01. The second kappa shape index (κ2) is 7.25. The van der Waals surface area contributed by atoms with E-state index in [9.17, 15) is 0 Å². The predicted molar refractivity (Wildman–Crippen MR) is 90.1 cm³/mol. The summed E-state index contributed by atoms with van der Waals surface area (Å²) < 4.78 is 7.54. The zero-order chi connectivity index (χ0) is 14.5. The maximum absolute atomic E-state index is 5.40. The molecule has 2 aromatic carbocycles. The van der Waals surface area contributed by atoms with Gasteiger partial charge in [-0.25, -0.2) is 0 Å². The topological polar surface area (TPSA) is 21.3 Å². The zero-order valence-corrected chi connectivity index (χ0v) is 14.7. The number of halogens is 2. The van der Waals surface area contributed by atoms with E-state index in [0.29, 0.717) is 0 Å². The Kier molecular flexibility index (Phi) is 5.64. The van der Waals surface area contributed by atoms with Gasteiger partial charge >= 0.3 is 0 Å². The van der Waals surface area contributed by atoms with E-state index in [1.807, 2.05) is 18.2 Å². The van der Waals surface area contributed by atoms with Gasteiger partial charge in [0.25, 0.3) is 0 Å². The number of hydrogen-bond acceptors (Lipinski definition) is 2. The maximum atomic E-state index is 5.40. The average molecular weight is 399 g/mol. The van der Waals surface area contributed by atoms with Crippen LogP contribution >= 0.6 is 31.9 Å². The van der Waals surface area contributed by atoms with Crippen molar-refractivity contribution in [3.63, 3.8) is 0 Å². The summed E-state index contributed by atoms with van der Waals surface area (Å²) in [6.07, 6.45) is 0. The Hall–Kier alpha value is -0.840. The zero-order valence-electron chi connectivity index (χ0n) is 11.5. The summed E-state index contributed by atoms with van der Waals surface area (Å²) in [7, 11) is 1.71. The van der Waals surface area contributed by atoms with Crippen LogP contribution in [0.1, 0.15) is 24.1 Å². The van der Waals surface area contributed by atoms with Crippen LogP contribution in [-0.2, 0) is 6.54 Å². The van der Waals surface area contributed by atoms with Gasteiger partial charge in [0.1, 0.15) is 5.75 Å². The van der Waals surface area contributed by atoms with E-state index in [4.69, 9.17) is 4.74 Å². The van der Waals surface area contributed by atoms with Crippen LogP contribution in [0.25, 0.3) is 0 Å². The van der Waals surface area contributed by atoms with E-state index in [-0.39, 0.29) is 6.04 Å². The molecule has 0 saturated heterocycles. The van der Waals surface area contributed by atoms with Crippen LogP contribution in [0.4, 0.5) is 0 Å². The average Bonchev–Trinajstić information content (AvgIpc) is 2.48. The van der Waals surface area contributed by atoms with Gasteiger partial charge in [-0.15, -0.1) is 0 Å². The number of benzene rings is 2. The minimum Gasteiger partial charge on any atom is -0.496 e. The molecule has 20 heavy (non-hydrogen) atoms. The Morgan fingerprint density at radius 1 is 1.10 bits per heavy atom. The molecule has 2 aromatic rings. The first kappa shape index (κ1) is 15.5. The fraction of sp³-hybridized carbons (Fsp3) is 0.250. The van der Waals surface area contributed by atoms with Gasteiger partial charge in [-0.05, 0) is 62.5 Å². The molecule has 0 bridgehead atoms. The van der Waals surface area contributed by atoms with E-state index in [0.717, 1.165) is 21.2 Å². The standard InChI is InChI=1S/C16H17Br2NO/c1-11(13-5-3-4-6-16(13)20-2)19-10-12-7-8-14(17)15(18)9-12/h3-9,11,19H,10H2,1-2H3/t11-/m0/s1. The number of rotatable bonds is 5. The molecular formula is C16H17Br2NO. The molecule has 1 atom stereocenters. The second-order valence-corrected chi connectivity index (χ2v) is 6.30. The van der Waals surface area contributed by atoms with Gasteiger partial charge in [0.05, 0.1) is 7.11 Å². The number of ether oxygens (including phenoxy) is 1. The predicted octanol–water partition coefficient (Wildman–Crippen LogP) is 5.07. The van der Waals surface area contributed by atoms with Crippen molar-refractivity contribution in [1.82, 2.24) is 5.32 Å².